The predicted molar refractivity (Wildman–Crippen MR) is 78.6 cm³/mol. The molecule has 0 aliphatic rings. The van der Waals surface area contributed by atoms with Gasteiger partial charge in [0.05, 0.1) is 0 Å². The van der Waals surface area contributed by atoms with Gasteiger partial charge in [-0.2, -0.15) is 0 Å². The van der Waals surface area contributed by atoms with Gasteiger partial charge in [0.1, 0.15) is 10.7 Å². The van der Waals surface area contributed by atoms with Crippen molar-refractivity contribution < 1.29 is 17.6 Å². The van der Waals surface area contributed by atoms with Crippen LogP contribution in [-0.2, 0) is 14.8 Å². The van der Waals surface area contributed by atoms with Crippen molar-refractivity contribution in [2.45, 2.75) is 38.1 Å². The molecule has 0 aliphatic carbocycles. The van der Waals surface area contributed by atoms with E-state index in [0.717, 1.165) is 6.07 Å². The van der Waals surface area contributed by atoms with Gasteiger partial charge in [0.15, 0.2) is 0 Å². The number of benzene rings is 1. The number of aryl methyl sites for hydroxylation is 1. The highest BCUT2D eigenvalue weighted by Gasteiger charge is 2.21. The fourth-order valence-corrected chi connectivity index (χ4v) is 2.94. The molecule has 0 aliphatic heterocycles. The van der Waals surface area contributed by atoms with Crippen LogP contribution in [0.15, 0.2) is 17.0 Å². The normalized spacial score (nSPS) is 11.7. The summed E-state index contributed by atoms with van der Waals surface area (Å²) in [5.41, 5.74) is 5.84. The third-order valence-electron chi connectivity index (χ3n) is 2.63. The average Bonchev–Trinajstić information content (AvgIpc) is 2.32. The van der Waals surface area contributed by atoms with Crippen LogP contribution in [0.3, 0.4) is 0 Å². The van der Waals surface area contributed by atoms with Crippen LogP contribution in [0.5, 0.6) is 0 Å². The lowest BCUT2D eigenvalue weighted by atomic mass is 10.2. The van der Waals surface area contributed by atoms with Gasteiger partial charge in [-0.15, -0.1) is 0 Å². The molecule has 0 radical (unpaired) electrons. The summed E-state index contributed by atoms with van der Waals surface area (Å²) in [6.45, 7) is 4.91. The number of sulfonamides is 1. The van der Waals surface area contributed by atoms with Crippen LogP contribution in [0.1, 0.15) is 25.8 Å². The van der Waals surface area contributed by atoms with Crippen molar-refractivity contribution >= 4 is 21.6 Å². The molecule has 0 bridgehead atoms. The van der Waals surface area contributed by atoms with E-state index in [0.29, 0.717) is 0 Å². The third kappa shape index (κ3) is 4.98. The Hall–Kier alpha value is -1.67. The SMILES string of the molecule is Cc1cc(N)cc(S(=O)(=O)NCCC(=O)NC(C)C)c1F. The molecule has 8 heteroatoms. The quantitative estimate of drug-likeness (QED) is 0.679. The summed E-state index contributed by atoms with van der Waals surface area (Å²) in [7, 11) is -4.05. The molecule has 0 saturated carbocycles. The zero-order chi connectivity index (χ0) is 16.2. The number of carbonyl (C=O) groups excluding carboxylic acids is 1. The van der Waals surface area contributed by atoms with Crippen LogP contribution in [0.25, 0.3) is 0 Å². The van der Waals surface area contributed by atoms with E-state index < -0.39 is 20.7 Å². The smallest absolute Gasteiger partial charge is 0.243 e. The first-order valence-electron chi connectivity index (χ1n) is 6.48. The summed E-state index contributed by atoms with van der Waals surface area (Å²) in [6, 6.07) is 2.38. The highest BCUT2D eigenvalue weighted by atomic mass is 32.2. The molecular formula is C13H20FN3O3S. The maximum atomic E-state index is 13.9. The first kappa shape index (κ1) is 17.4. The van der Waals surface area contributed by atoms with Gasteiger partial charge in [-0.1, -0.05) is 0 Å². The number of halogens is 1. The summed E-state index contributed by atoms with van der Waals surface area (Å²) in [5.74, 6) is -1.12. The molecule has 4 N–H and O–H groups in total. The lowest BCUT2D eigenvalue weighted by Crippen LogP contribution is -2.34. The van der Waals surface area contributed by atoms with Gasteiger partial charge in [0.2, 0.25) is 15.9 Å². The monoisotopic (exact) mass is 317 g/mol. The first-order chi connectivity index (χ1) is 9.63. The Morgan fingerprint density at radius 2 is 2.00 bits per heavy atom. The van der Waals surface area contributed by atoms with Gasteiger partial charge in [-0.25, -0.2) is 17.5 Å². The van der Waals surface area contributed by atoms with Crippen LogP contribution < -0.4 is 15.8 Å². The van der Waals surface area contributed by atoms with E-state index in [-0.39, 0.29) is 36.2 Å². The molecular weight excluding hydrogens is 297 g/mol. The molecule has 0 fully saturated rings. The number of hydrogen-bond donors (Lipinski definition) is 3. The Bertz CT molecular complexity index is 630. The zero-order valence-corrected chi connectivity index (χ0v) is 13.1. The molecule has 1 aromatic rings. The number of nitrogen functional groups attached to an aromatic ring is 1. The molecule has 118 valence electrons. The largest absolute Gasteiger partial charge is 0.399 e. The molecule has 6 nitrogen and oxygen atoms in total. The van der Waals surface area contributed by atoms with Crippen molar-refractivity contribution in [3.8, 4) is 0 Å². The number of carbonyl (C=O) groups is 1. The number of amides is 1. The van der Waals surface area contributed by atoms with Crippen molar-refractivity contribution in [2.24, 2.45) is 0 Å². The second-order valence-corrected chi connectivity index (χ2v) is 6.76. The fraction of sp³-hybridized carbons (Fsp3) is 0.462. The summed E-state index contributed by atoms with van der Waals surface area (Å²) in [6.07, 6.45) is -0.0275. The maximum Gasteiger partial charge on any atom is 0.243 e. The Labute approximate surface area is 124 Å². The van der Waals surface area contributed by atoms with Gasteiger partial charge in [0, 0.05) is 24.7 Å². The molecule has 0 aromatic heterocycles. The number of hydrogen-bond acceptors (Lipinski definition) is 4. The van der Waals surface area contributed by atoms with Gasteiger partial charge in [-0.3, -0.25) is 4.79 Å². The molecule has 0 heterocycles. The number of anilines is 1. The van der Waals surface area contributed by atoms with E-state index in [9.17, 15) is 17.6 Å². The number of nitrogens with two attached hydrogens (primary N) is 1. The molecule has 0 spiro atoms. The van der Waals surface area contributed by atoms with Crippen LogP contribution >= 0.6 is 0 Å². The van der Waals surface area contributed by atoms with Crippen LogP contribution in [-0.4, -0.2) is 26.9 Å². The fourth-order valence-electron chi connectivity index (χ4n) is 1.73. The van der Waals surface area contributed by atoms with Crippen LogP contribution in [0, 0.1) is 12.7 Å². The third-order valence-corrected chi connectivity index (χ3v) is 4.09. The summed E-state index contributed by atoms with van der Waals surface area (Å²) in [4.78, 5) is 10.9. The lowest BCUT2D eigenvalue weighted by Gasteiger charge is -2.11. The van der Waals surface area contributed by atoms with Crippen LogP contribution in [0.4, 0.5) is 10.1 Å². The van der Waals surface area contributed by atoms with E-state index in [1.54, 1.807) is 13.8 Å². The highest BCUT2D eigenvalue weighted by molar-refractivity contribution is 7.89. The maximum absolute atomic E-state index is 13.9. The minimum Gasteiger partial charge on any atom is -0.399 e. The standard InChI is InChI=1S/C13H20FN3O3S/c1-8(2)17-12(18)4-5-16-21(19,20)11-7-10(15)6-9(3)13(11)14/h6-8,16H,4-5,15H2,1-3H3,(H,17,18). The van der Waals surface area contributed by atoms with Gasteiger partial charge in [0.25, 0.3) is 0 Å². The average molecular weight is 317 g/mol. The van der Waals surface area contributed by atoms with Crippen molar-refractivity contribution in [3.05, 3.63) is 23.5 Å². The van der Waals surface area contributed by atoms with Gasteiger partial charge < -0.3 is 11.1 Å². The van der Waals surface area contributed by atoms with Gasteiger partial charge >= 0.3 is 0 Å². The Balaban J connectivity index is 2.77. The van der Waals surface area contributed by atoms with Crippen molar-refractivity contribution in [3.63, 3.8) is 0 Å². The van der Waals surface area contributed by atoms with E-state index >= 15 is 0 Å². The topological polar surface area (TPSA) is 101 Å². The Morgan fingerprint density at radius 1 is 1.38 bits per heavy atom. The summed E-state index contributed by atoms with van der Waals surface area (Å²) < 4.78 is 40.1. The molecule has 1 amide bonds. The van der Waals surface area contributed by atoms with Gasteiger partial charge in [-0.05, 0) is 38.5 Å². The van der Waals surface area contributed by atoms with E-state index in [1.165, 1.54) is 13.0 Å². The first-order valence-corrected chi connectivity index (χ1v) is 7.96. The predicted octanol–water partition coefficient (Wildman–Crippen LogP) is 0.909. The van der Waals surface area contributed by atoms with E-state index in [2.05, 4.69) is 10.0 Å². The number of nitrogens with one attached hydrogen (secondary N) is 2. The Kier molecular flexibility index (Phi) is 5.68. The minimum absolute atomic E-state index is 0.0249. The van der Waals surface area contributed by atoms with Crippen molar-refractivity contribution in [2.75, 3.05) is 12.3 Å². The lowest BCUT2D eigenvalue weighted by molar-refractivity contribution is -0.121. The zero-order valence-electron chi connectivity index (χ0n) is 12.2. The number of rotatable bonds is 6. The highest BCUT2D eigenvalue weighted by Crippen LogP contribution is 2.21. The van der Waals surface area contributed by atoms with Crippen LogP contribution in [0.2, 0.25) is 0 Å². The second-order valence-electron chi connectivity index (χ2n) is 5.02. The molecule has 0 saturated heterocycles. The Morgan fingerprint density at radius 3 is 2.57 bits per heavy atom. The molecule has 0 unspecified atom stereocenters. The van der Waals surface area contributed by atoms with E-state index in [4.69, 9.17) is 5.73 Å². The summed E-state index contributed by atoms with van der Waals surface area (Å²) in [5, 5.41) is 2.63. The molecule has 1 aromatic carbocycles. The van der Waals surface area contributed by atoms with Crippen molar-refractivity contribution in [1.29, 1.82) is 0 Å². The summed E-state index contributed by atoms with van der Waals surface area (Å²) >= 11 is 0. The molecule has 1 rings (SSSR count). The van der Waals surface area contributed by atoms with Crippen molar-refractivity contribution in [1.82, 2.24) is 10.0 Å². The van der Waals surface area contributed by atoms with E-state index in [1.807, 2.05) is 0 Å². The second kappa shape index (κ2) is 6.86. The molecule has 21 heavy (non-hydrogen) atoms. The molecule has 0 atom stereocenters. The minimum atomic E-state index is -4.05.